The molecule has 7 heteroatoms. The van der Waals surface area contributed by atoms with Gasteiger partial charge in [0, 0.05) is 32.8 Å². The Kier molecular flexibility index (Phi) is 4.43. The van der Waals surface area contributed by atoms with Crippen LogP contribution in [0, 0.1) is 0 Å². The monoisotopic (exact) mass is 343 g/mol. The number of hydrogen-bond donors (Lipinski definition) is 0. The van der Waals surface area contributed by atoms with Crippen LogP contribution in [0.25, 0.3) is 11.5 Å². The minimum atomic E-state index is -0.0731. The van der Waals surface area contributed by atoms with Crippen molar-refractivity contribution in [3.05, 3.63) is 24.1 Å². The van der Waals surface area contributed by atoms with Gasteiger partial charge in [-0.2, -0.15) is 4.98 Å². The number of likely N-dealkylation sites (N-methyl/N-ethyl adjacent to an activating group) is 1. The predicted octanol–water partition coefficient (Wildman–Crippen LogP) is 1.95. The summed E-state index contributed by atoms with van der Waals surface area (Å²) in [4.78, 5) is 14.0. The minimum absolute atomic E-state index is 0.0731. The number of ether oxygens (including phenoxy) is 1. The van der Waals surface area contributed by atoms with Crippen LogP contribution < -0.4 is 4.90 Å². The highest BCUT2D eigenvalue weighted by Gasteiger charge is 2.49. The molecule has 25 heavy (non-hydrogen) atoms. The van der Waals surface area contributed by atoms with Gasteiger partial charge in [-0.15, -0.1) is 0 Å². The van der Waals surface area contributed by atoms with Crippen molar-refractivity contribution in [2.75, 3.05) is 51.3 Å². The Morgan fingerprint density at radius 2 is 1.96 bits per heavy atom. The fraction of sp³-hybridized carbons (Fsp3) is 0.611. The Hall–Kier alpha value is -1.99. The molecule has 1 aliphatic carbocycles. The first-order chi connectivity index (χ1) is 12.2. The molecular weight excluding hydrogens is 318 g/mol. The van der Waals surface area contributed by atoms with E-state index < -0.39 is 0 Å². The number of rotatable bonds is 6. The molecule has 3 heterocycles. The van der Waals surface area contributed by atoms with Crippen LogP contribution in [-0.2, 0) is 10.2 Å². The summed E-state index contributed by atoms with van der Waals surface area (Å²) in [6.07, 6.45) is 2.09. The third-order valence-electron chi connectivity index (χ3n) is 5.11. The molecule has 0 radical (unpaired) electrons. The summed E-state index contributed by atoms with van der Waals surface area (Å²) < 4.78 is 11.1. The van der Waals surface area contributed by atoms with E-state index in [1.54, 1.807) is 0 Å². The molecule has 0 atom stereocenters. The molecule has 2 aliphatic rings. The molecule has 2 aromatic heterocycles. The van der Waals surface area contributed by atoms with E-state index in [1.165, 1.54) is 0 Å². The van der Waals surface area contributed by atoms with Gasteiger partial charge in [-0.25, -0.2) is 4.98 Å². The van der Waals surface area contributed by atoms with Gasteiger partial charge in [-0.3, -0.25) is 0 Å². The first kappa shape index (κ1) is 16.5. The number of aromatic nitrogens is 3. The number of piperazine rings is 1. The second kappa shape index (κ2) is 6.72. The van der Waals surface area contributed by atoms with Crippen molar-refractivity contribution >= 4 is 5.82 Å². The van der Waals surface area contributed by atoms with Gasteiger partial charge in [0.2, 0.25) is 11.7 Å². The molecule has 1 saturated heterocycles. The van der Waals surface area contributed by atoms with Crippen molar-refractivity contribution < 1.29 is 9.26 Å². The van der Waals surface area contributed by atoms with Crippen molar-refractivity contribution in [1.82, 2.24) is 20.0 Å². The zero-order valence-corrected chi connectivity index (χ0v) is 14.9. The zero-order chi connectivity index (χ0) is 17.3. The summed E-state index contributed by atoms with van der Waals surface area (Å²) in [5, 5.41) is 4.17. The lowest BCUT2D eigenvalue weighted by molar-refractivity contribution is 0.114. The second-order valence-corrected chi connectivity index (χ2v) is 7.01. The van der Waals surface area contributed by atoms with Gasteiger partial charge in [0.05, 0.1) is 12.0 Å². The van der Waals surface area contributed by atoms with E-state index in [1.807, 2.05) is 25.1 Å². The molecule has 4 rings (SSSR count). The lowest BCUT2D eigenvalue weighted by Crippen LogP contribution is -2.44. The SMILES string of the molecule is CCOCC1(c2nc(-c3cccc(N4CCN(C)CC4)n3)no2)CC1. The summed E-state index contributed by atoms with van der Waals surface area (Å²) in [5.74, 6) is 2.23. The predicted molar refractivity (Wildman–Crippen MR) is 94.6 cm³/mol. The Morgan fingerprint density at radius 1 is 1.16 bits per heavy atom. The van der Waals surface area contributed by atoms with E-state index in [0.29, 0.717) is 24.9 Å². The third-order valence-corrected chi connectivity index (χ3v) is 5.11. The normalized spacial score (nSPS) is 20.0. The van der Waals surface area contributed by atoms with Crippen LogP contribution in [0.15, 0.2) is 22.7 Å². The maximum Gasteiger partial charge on any atom is 0.235 e. The van der Waals surface area contributed by atoms with Crippen molar-refractivity contribution in [2.24, 2.45) is 0 Å². The van der Waals surface area contributed by atoms with Crippen LogP contribution in [-0.4, -0.2) is 66.5 Å². The zero-order valence-electron chi connectivity index (χ0n) is 14.9. The molecule has 0 spiro atoms. The standard InChI is InChI=1S/C18H25N5O2/c1-3-24-13-18(7-8-18)17-20-16(21-25-17)14-5-4-6-15(19-14)23-11-9-22(2)10-12-23/h4-6H,3,7-13H2,1-2H3. The molecule has 0 amide bonds. The summed E-state index contributed by atoms with van der Waals surface area (Å²) >= 11 is 0. The molecule has 0 aromatic carbocycles. The molecule has 0 unspecified atom stereocenters. The van der Waals surface area contributed by atoms with Gasteiger partial charge in [-0.1, -0.05) is 11.2 Å². The topological polar surface area (TPSA) is 67.5 Å². The van der Waals surface area contributed by atoms with Crippen LogP contribution >= 0.6 is 0 Å². The van der Waals surface area contributed by atoms with E-state index in [9.17, 15) is 0 Å². The van der Waals surface area contributed by atoms with Crippen LogP contribution in [0.1, 0.15) is 25.7 Å². The Balaban J connectivity index is 1.52. The van der Waals surface area contributed by atoms with Crippen molar-refractivity contribution in [2.45, 2.75) is 25.2 Å². The minimum Gasteiger partial charge on any atom is -0.381 e. The number of anilines is 1. The van der Waals surface area contributed by atoms with E-state index in [4.69, 9.17) is 14.2 Å². The van der Waals surface area contributed by atoms with Gasteiger partial charge in [0.1, 0.15) is 11.5 Å². The Morgan fingerprint density at radius 3 is 2.68 bits per heavy atom. The molecule has 7 nitrogen and oxygen atoms in total. The summed E-state index contributed by atoms with van der Waals surface area (Å²) in [6, 6.07) is 6.00. The van der Waals surface area contributed by atoms with Gasteiger partial charge in [0.15, 0.2) is 0 Å². The first-order valence-corrected chi connectivity index (χ1v) is 9.03. The van der Waals surface area contributed by atoms with Gasteiger partial charge in [0.25, 0.3) is 0 Å². The molecule has 1 aliphatic heterocycles. The number of hydrogen-bond acceptors (Lipinski definition) is 7. The average Bonchev–Trinajstić information content (AvgIpc) is 3.27. The highest BCUT2D eigenvalue weighted by molar-refractivity contribution is 5.54. The molecule has 2 aromatic rings. The molecule has 1 saturated carbocycles. The third kappa shape index (κ3) is 3.39. The second-order valence-electron chi connectivity index (χ2n) is 7.01. The summed E-state index contributed by atoms with van der Waals surface area (Å²) in [6.45, 7) is 7.45. The first-order valence-electron chi connectivity index (χ1n) is 9.03. The maximum absolute atomic E-state index is 5.58. The van der Waals surface area contributed by atoms with Gasteiger partial charge < -0.3 is 19.1 Å². The van der Waals surface area contributed by atoms with Crippen molar-refractivity contribution in [3.63, 3.8) is 0 Å². The molecule has 0 N–H and O–H groups in total. The van der Waals surface area contributed by atoms with Gasteiger partial charge in [-0.05, 0) is 38.9 Å². The van der Waals surface area contributed by atoms with Crippen LogP contribution in [0.4, 0.5) is 5.82 Å². The van der Waals surface area contributed by atoms with Crippen LogP contribution in [0.2, 0.25) is 0 Å². The Bertz CT molecular complexity index is 720. The highest BCUT2D eigenvalue weighted by atomic mass is 16.5. The van der Waals surface area contributed by atoms with E-state index >= 15 is 0 Å². The van der Waals surface area contributed by atoms with E-state index in [0.717, 1.165) is 50.5 Å². The van der Waals surface area contributed by atoms with Crippen molar-refractivity contribution in [1.29, 1.82) is 0 Å². The molecule has 2 fully saturated rings. The lowest BCUT2D eigenvalue weighted by atomic mass is 10.1. The van der Waals surface area contributed by atoms with E-state index in [2.05, 4.69) is 27.0 Å². The maximum atomic E-state index is 5.58. The smallest absolute Gasteiger partial charge is 0.235 e. The number of nitrogens with zero attached hydrogens (tertiary/aromatic N) is 5. The number of pyridine rings is 1. The lowest BCUT2D eigenvalue weighted by Gasteiger charge is -2.33. The largest absolute Gasteiger partial charge is 0.381 e. The van der Waals surface area contributed by atoms with Crippen LogP contribution in [0.5, 0.6) is 0 Å². The quantitative estimate of drug-likeness (QED) is 0.794. The summed E-state index contributed by atoms with van der Waals surface area (Å²) in [5.41, 5.74) is 0.690. The van der Waals surface area contributed by atoms with E-state index in [-0.39, 0.29) is 5.41 Å². The summed E-state index contributed by atoms with van der Waals surface area (Å²) in [7, 11) is 2.15. The van der Waals surface area contributed by atoms with Crippen LogP contribution in [0.3, 0.4) is 0 Å². The highest BCUT2D eigenvalue weighted by Crippen LogP contribution is 2.47. The Labute approximate surface area is 148 Å². The fourth-order valence-corrected chi connectivity index (χ4v) is 3.17. The van der Waals surface area contributed by atoms with Crippen molar-refractivity contribution in [3.8, 4) is 11.5 Å². The van der Waals surface area contributed by atoms with Gasteiger partial charge >= 0.3 is 0 Å². The fourth-order valence-electron chi connectivity index (χ4n) is 3.17. The average molecular weight is 343 g/mol. The molecular formula is C18H25N5O2. The molecule has 0 bridgehead atoms. The molecule has 134 valence electrons.